The fourth-order valence-electron chi connectivity index (χ4n) is 2.17. The molecule has 0 aromatic heterocycles. The monoisotopic (exact) mass is 376 g/mol. The summed E-state index contributed by atoms with van der Waals surface area (Å²) >= 11 is 0. The summed E-state index contributed by atoms with van der Waals surface area (Å²) < 4.78 is 45.5. The van der Waals surface area contributed by atoms with Gasteiger partial charge < -0.3 is 15.4 Å². The SMILES string of the molecule is CCNC(=NCc1ccc(C#N)cc1F)NCCOc1ccc(F)cc1F. The minimum Gasteiger partial charge on any atom is -0.489 e. The molecule has 2 N–H and O–H groups in total. The predicted molar refractivity (Wildman–Crippen MR) is 95.8 cm³/mol. The molecule has 0 heterocycles. The molecule has 0 aliphatic carbocycles. The van der Waals surface area contributed by atoms with Crippen LogP contribution in [0.1, 0.15) is 18.1 Å². The van der Waals surface area contributed by atoms with Crippen LogP contribution >= 0.6 is 0 Å². The Balaban J connectivity index is 1.89. The molecule has 0 saturated carbocycles. The van der Waals surface area contributed by atoms with E-state index >= 15 is 0 Å². The number of guanidine groups is 1. The molecule has 2 rings (SSSR count). The predicted octanol–water partition coefficient (Wildman–Crippen LogP) is 3.11. The third kappa shape index (κ3) is 6.22. The van der Waals surface area contributed by atoms with Gasteiger partial charge in [-0.1, -0.05) is 6.07 Å². The minimum atomic E-state index is -0.771. The number of benzene rings is 2. The van der Waals surface area contributed by atoms with E-state index in [1.807, 2.05) is 13.0 Å². The van der Waals surface area contributed by atoms with Crippen LogP contribution in [0, 0.1) is 28.8 Å². The molecule has 0 radical (unpaired) electrons. The number of nitrogens with one attached hydrogen (secondary N) is 2. The fourth-order valence-corrected chi connectivity index (χ4v) is 2.17. The van der Waals surface area contributed by atoms with Crippen LogP contribution in [0.15, 0.2) is 41.4 Å². The highest BCUT2D eigenvalue weighted by Crippen LogP contribution is 2.17. The van der Waals surface area contributed by atoms with Gasteiger partial charge in [-0.05, 0) is 31.2 Å². The van der Waals surface area contributed by atoms with E-state index in [2.05, 4.69) is 15.6 Å². The van der Waals surface area contributed by atoms with Crippen molar-refractivity contribution in [1.29, 1.82) is 5.26 Å². The van der Waals surface area contributed by atoms with Crippen molar-refractivity contribution < 1.29 is 17.9 Å². The Morgan fingerprint density at radius 1 is 1.11 bits per heavy atom. The lowest BCUT2D eigenvalue weighted by atomic mass is 10.1. The van der Waals surface area contributed by atoms with E-state index in [-0.39, 0.29) is 24.5 Å². The van der Waals surface area contributed by atoms with E-state index in [4.69, 9.17) is 10.00 Å². The Kier molecular flexibility index (Phi) is 7.49. The molecule has 2 aromatic rings. The van der Waals surface area contributed by atoms with E-state index < -0.39 is 17.5 Å². The number of nitrogens with zero attached hydrogens (tertiary/aromatic N) is 2. The number of ether oxygens (including phenoxy) is 1. The van der Waals surface area contributed by atoms with Gasteiger partial charge >= 0.3 is 0 Å². The number of aliphatic imine (C=N–C) groups is 1. The Morgan fingerprint density at radius 3 is 2.59 bits per heavy atom. The summed E-state index contributed by atoms with van der Waals surface area (Å²) in [7, 11) is 0. The highest BCUT2D eigenvalue weighted by Gasteiger charge is 2.06. The van der Waals surface area contributed by atoms with Crippen LogP contribution in [0.2, 0.25) is 0 Å². The first kappa shape index (κ1) is 20.1. The second-order valence-corrected chi connectivity index (χ2v) is 5.46. The molecule has 0 saturated heterocycles. The first-order chi connectivity index (χ1) is 13.0. The molecule has 0 amide bonds. The zero-order chi connectivity index (χ0) is 19.6. The number of hydrogen-bond acceptors (Lipinski definition) is 3. The van der Waals surface area contributed by atoms with Crippen LogP contribution in [-0.2, 0) is 6.54 Å². The molecule has 8 heteroatoms. The molecule has 0 aliphatic heterocycles. The van der Waals surface area contributed by atoms with Crippen molar-refractivity contribution in [2.24, 2.45) is 4.99 Å². The highest BCUT2D eigenvalue weighted by molar-refractivity contribution is 5.79. The normalized spacial score (nSPS) is 11.0. The molecule has 2 aromatic carbocycles. The summed E-state index contributed by atoms with van der Waals surface area (Å²) in [5, 5.41) is 14.7. The Morgan fingerprint density at radius 2 is 1.93 bits per heavy atom. The number of hydrogen-bond donors (Lipinski definition) is 2. The van der Waals surface area contributed by atoms with Gasteiger partial charge in [0, 0.05) is 18.2 Å². The van der Waals surface area contributed by atoms with E-state index in [1.165, 1.54) is 18.2 Å². The summed E-state index contributed by atoms with van der Waals surface area (Å²) in [6.45, 7) is 2.98. The van der Waals surface area contributed by atoms with E-state index in [9.17, 15) is 13.2 Å². The first-order valence-electron chi connectivity index (χ1n) is 8.32. The molecule has 0 fully saturated rings. The van der Waals surface area contributed by atoms with Crippen LogP contribution in [0.3, 0.4) is 0 Å². The third-order valence-corrected chi connectivity index (χ3v) is 3.48. The minimum absolute atomic E-state index is 0.0419. The van der Waals surface area contributed by atoms with Gasteiger partial charge in [-0.15, -0.1) is 0 Å². The van der Waals surface area contributed by atoms with E-state index in [0.717, 1.165) is 18.2 Å². The van der Waals surface area contributed by atoms with Gasteiger partial charge in [-0.2, -0.15) is 5.26 Å². The molecule has 0 aliphatic rings. The van der Waals surface area contributed by atoms with Gasteiger partial charge in [0.25, 0.3) is 0 Å². The summed E-state index contributed by atoms with van der Waals surface area (Å²) in [5.41, 5.74) is 0.603. The molecule has 142 valence electrons. The first-order valence-corrected chi connectivity index (χ1v) is 8.32. The number of rotatable bonds is 7. The second-order valence-electron chi connectivity index (χ2n) is 5.46. The van der Waals surface area contributed by atoms with Crippen molar-refractivity contribution in [3.05, 3.63) is 65.0 Å². The maximum absolute atomic E-state index is 13.9. The topological polar surface area (TPSA) is 69.4 Å². The van der Waals surface area contributed by atoms with Crippen LogP contribution < -0.4 is 15.4 Å². The maximum Gasteiger partial charge on any atom is 0.191 e. The Hall–Kier alpha value is -3.21. The zero-order valence-electron chi connectivity index (χ0n) is 14.7. The lowest BCUT2D eigenvalue weighted by Gasteiger charge is -2.12. The summed E-state index contributed by atoms with van der Waals surface area (Å²) in [4.78, 5) is 4.27. The molecule has 0 unspecified atom stereocenters. The molecular formula is C19H19F3N4O. The molecule has 0 bridgehead atoms. The molecule has 0 atom stereocenters. The summed E-state index contributed by atoms with van der Waals surface area (Å²) in [5.74, 6) is -1.55. The van der Waals surface area contributed by atoms with Crippen molar-refractivity contribution in [3.8, 4) is 11.8 Å². The van der Waals surface area contributed by atoms with Crippen molar-refractivity contribution >= 4 is 5.96 Å². The lowest BCUT2D eigenvalue weighted by Crippen LogP contribution is -2.39. The lowest BCUT2D eigenvalue weighted by molar-refractivity contribution is 0.304. The average Bonchev–Trinajstić information content (AvgIpc) is 2.65. The van der Waals surface area contributed by atoms with Crippen molar-refractivity contribution in [2.75, 3.05) is 19.7 Å². The van der Waals surface area contributed by atoms with Crippen LogP contribution in [0.25, 0.3) is 0 Å². The average molecular weight is 376 g/mol. The molecule has 5 nitrogen and oxygen atoms in total. The van der Waals surface area contributed by atoms with Crippen LogP contribution in [0.5, 0.6) is 5.75 Å². The smallest absolute Gasteiger partial charge is 0.191 e. The highest BCUT2D eigenvalue weighted by atomic mass is 19.1. The van der Waals surface area contributed by atoms with Crippen LogP contribution in [-0.4, -0.2) is 25.7 Å². The van der Waals surface area contributed by atoms with Gasteiger partial charge in [0.05, 0.1) is 24.7 Å². The quantitative estimate of drug-likeness (QED) is 0.443. The van der Waals surface area contributed by atoms with Crippen LogP contribution in [0.4, 0.5) is 13.2 Å². The zero-order valence-corrected chi connectivity index (χ0v) is 14.7. The number of nitriles is 1. The van der Waals surface area contributed by atoms with E-state index in [1.54, 1.807) is 0 Å². The number of halogens is 3. The summed E-state index contributed by atoms with van der Waals surface area (Å²) in [6, 6.07) is 9.16. The van der Waals surface area contributed by atoms with Crippen molar-refractivity contribution in [3.63, 3.8) is 0 Å². The van der Waals surface area contributed by atoms with Gasteiger partial charge in [-0.3, -0.25) is 0 Å². The molecule has 27 heavy (non-hydrogen) atoms. The standard InChI is InChI=1S/C19H19F3N4O/c1-2-24-19(26-12-14-4-3-13(11-23)9-16(14)21)25-7-8-27-18-6-5-15(20)10-17(18)22/h3-6,9-10H,2,7-8,12H2,1H3,(H2,24,25,26). The fraction of sp³-hybridized carbons (Fsp3) is 0.263. The largest absolute Gasteiger partial charge is 0.489 e. The Bertz CT molecular complexity index is 849. The van der Waals surface area contributed by atoms with Crippen molar-refractivity contribution in [2.45, 2.75) is 13.5 Å². The van der Waals surface area contributed by atoms with Gasteiger partial charge in [0.2, 0.25) is 0 Å². The third-order valence-electron chi connectivity index (χ3n) is 3.48. The van der Waals surface area contributed by atoms with Gasteiger partial charge in [0.1, 0.15) is 18.2 Å². The summed E-state index contributed by atoms with van der Waals surface area (Å²) in [6.07, 6.45) is 0. The molecule has 0 spiro atoms. The van der Waals surface area contributed by atoms with Gasteiger partial charge in [-0.25, -0.2) is 18.2 Å². The van der Waals surface area contributed by atoms with Gasteiger partial charge in [0.15, 0.2) is 17.5 Å². The van der Waals surface area contributed by atoms with Crippen molar-refractivity contribution in [1.82, 2.24) is 10.6 Å². The van der Waals surface area contributed by atoms with E-state index in [0.29, 0.717) is 24.6 Å². The second kappa shape index (κ2) is 10.1. The maximum atomic E-state index is 13.9. The molecular weight excluding hydrogens is 357 g/mol. The Labute approximate surface area is 155 Å².